The summed E-state index contributed by atoms with van der Waals surface area (Å²) >= 11 is 1.52. The molecule has 3 N–H and O–H groups in total. The Morgan fingerprint density at radius 1 is 1.07 bits per heavy atom. The molecule has 1 aliphatic heterocycles. The van der Waals surface area contributed by atoms with Crippen molar-refractivity contribution >= 4 is 43.6 Å². The average molecular weight is 374 g/mol. The van der Waals surface area contributed by atoms with Gasteiger partial charge in [-0.25, -0.2) is 4.98 Å². The third-order valence-electron chi connectivity index (χ3n) is 4.74. The molecule has 0 spiro atoms. The van der Waals surface area contributed by atoms with Gasteiger partial charge in [0, 0.05) is 11.9 Å². The minimum Gasteiger partial charge on any atom is -0.457 e. The molecule has 0 saturated heterocycles. The van der Waals surface area contributed by atoms with Crippen molar-refractivity contribution in [2.45, 2.75) is 6.92 Å². The number of nitrogen functional groups attached to an aromatic ring is 1. The molecule has 0 unspecified atom stereocenters. The zero-order valence-corrected chi connectivity index (χ0v) is 15.6. The third kappa shape index (κ3) is 2.65. The molecular weight excluding hydrogens is 356 g/mol. The van der Waals surface area contributed by atoms with Crippen LogP contribution in [0.15, 0.2) is 60.8 Å². The van der Waals surface area contributed by atoms with Gasteiger partial charge in [-0.1, -0.05) is 29.5 Å². The molecule has 0 amide bonds. The highest BCUT2D eigenvalue weighted by molar-refractivity contribution is 7.23. The highest BCUT2D eigenvalue weighted by atomic mass is 32.1. The second-order valence-electron chi connectivity index (χ2n) is 6.48. The Morgan fingerprint density at radius 3 is 2.74 bits per heavy atom. The van der Waals surface area contributed by atoms with Gasteiger partial charge in [-0.3, -0.25) is 0 Å². The van der Waals surface area contributed by atoms with Crippen LogP contribution in [0.4, 0.5) is 22.1 Å². The number of rotatable bonds is 3. The molecular formula is C21H18N4OS. The lowest BCUT2D eigenvalue weighted by atomic mass is 10.1. The van der Waals surface area contributed by atoms with Crippen LogP contribution in [0.3, 0.4) is 0 Å². The number of benzene rings is 2. The van der Waals surface area contributed by atoms with Crippen LogP contribution in [0.25, 0.3) is 10.2 Å². The quantitative estimate of drug-likeness (QED) is 0.496. The number of anilines is 4. The predicted octanol–water partition coefficient (Wildman–Crippen LogP) is 5.50. The summed E-state index contributed by atoms with van der Waals surface area (Å²) in [7, 11) is 0. The fourth-order valence-electron chi connectivity index (χ4n) is 3.50. The highest BCUT2D eigenvalue weighted by Crippen LogP contribution is 2.47. The number of aryl methyl sites for hydroxylation is 1. The van der Waals surface area contributed by atoms with E-state index < -0.39 is 0 Å². The number of aromatic nitrogens is 1. The second-order valence-corrected chi connectivity index (χ2v) is 7.51. The summed E-state index contributed by atoms with van der Waals surface area (Å²) in [5, 5.41) is 5.32. The van der Waals surface area contributed by atoms with Gasteiger partial charge in [0.15, 0.2) is 0 Å². The number of nitrogens with zero attached hydrogens (tertiary/aromatic N) is 2. The van der Waals surface area contributed by atoms with E-state index in [0.717, 1.165) is 49.3 Å². The molecule has 6 heteroatoms. The summed E-state index contributed by atoms with van der Waals surface area (Å²) in [4.78, 5) is 7.68. The minimum absolute atomic E-state index is 0.659. The first-order chi connectivity index (χ1) is 13.2. The van der Waals surface area contributed by atoms with Gasteiger partial charge in [-0.15, -0.1) is 0 Å². The molecule has 3 heterocycles. The van der Waals surface area contributed by atoms with E-state index in [4.69, 9.17) is 10.5 Å². The van der Waals surface area contributed by atoms with Crippen LogP contribution in [-0.4, -0.2) is 11.7 Å². The molecule has 0 atom stereocenters. The van der Waals surface area contributed by atoms with Gasteiger partial charge in [0.25, 0.3) is 0 Å². The molecule has 1 aliphatic rings. The van der Waals surface area contributed by atoms with Gasteiger partial charge < -0.3 is 20.7 Å². The molecule has 2 aromatic heterocycles. The van der Waals surface area contributed by atoms with Gasteiger partial charge in [0.05, 0.1) is 23.4 Å². The molecule has 2 aromatic carbocycles. The zero-order chi connectivity index (χ0) is 18.4. The topological polar surface area (TPSA) is 63.4 Å². The van der Waals surface area contributed by atoms with Crippen LogP contribution in [-0.2, 0) is 0 Å². The normalized spacial score (nSPS) is 12.9. The summed E-state index contributed by atoms with van der Waals surface area (Å²) in [6.07, 6.45) is 1.85. The summed E-state index contributed by atoms with van der Waals surface area (Å²) in [5.74, 6) is 1.66. The van der Waals surface area contributed by atoms with Crippen molar-refractivity contribution in [1.29, 1.82) is 0 Å². The molecule has 5 nitrogen and oxygen atoms in total. The minimum atomic E-state index is 0.659. The number of ether oxygens (including phenoxy) is 1. The standard InChI is InChI=1S/C21H18N4OS/c1-13-11-15(26-14-5-3-2-4-6-14)7-8-16(13)25-12-24-19-18-17(25)9-10-23-21(18)27-20(19)22/h2-11,24H,12,22H2,1H3. The number of thiophene rings is 1. The second kappa shape index (κ2) is 6.17. The van der Waals surface area contributed by atoms with Crippen molar-refractivity contribution in [3.05, 3.63) is 66.4 Å². The largest absolute Gasteiger partial charge is 0.457 e. The van der Waals surface area contributed by atoms with Crippen molar-refractivity contribution in [2.75, 3.05) is 22.6 Å². The first-order valence-electron chi connectivity index (χ1n) is 8.72. The first kappa shape index (κ1) is 16.0. The molecule has 27 heavy (non-hydrogen) atoms. The van der Waals surface area contributed by atoms with Gasteiger partial charge in [0.1, 0.15) is 21.3 Å². The van der Waals surface area contributed by atoms with Crippen LogP contribution in [0.5, 0.6) is 11.5 Å². The number of nitrogens with one attached hydrogen (secondary N) is 1. The van der Waals surface area contributed by atoms with E-state index in [1.54, 1.807) is 0 Å². The maximum absolute atomic E-state index is 6.15. The number of hydrogen-bond acceptors (Lipinski definition) is 6. The Bertz CT molecular complexity index is 1140. The fraction of sp³-hybridized carbons (Fsp3) is 0.0952. The van der Waals surface area contributed by atoms with Crippen LogP contribution < -0.4 is 20.7 Å². The van der Waals surface area contributed by atoms with E-state index in [1.807, 2.05) is 48.7 Å². The van der Waals surface area contributed by atoms with Crippen molar-refractivity contribution in [1.82, 2.24) is 4.98 Å². The van der Waals surface area contributed by atoms with Gasteiger partial charge in [0.2, 0.25) is 0 Å². The summed E-state index contributed by atoms with van der Waals surface area (Å²) in [5.41, 5.74) is 10.5. The summed E-state index contributed by atoms with van der Waals surface area (Å²) in [6.45, 7) is 2.76. The lowest BCUT2D eigenvalue weighted by Crippen LogP contribution is -2.28. The molecule has 5 rings (SSSR count). The van der Waals surface area contributed by atoms with E-state index in [2.05, 4.69) is 34.3 Å². The van der Waals surface area contributed by atoms with Gasteiger partial charge in [-0.05, 0) is 48.9 Å². The zero-order valence-electron chi connectivity index (χ0n) is 14.8. The van der Waals surface area contributed by atoms with Crippen molar-refractivity contribution in [3.8, 4) is 11.5 Å². The first-order valence-corrected chi connectivity index (χ1v) is 9.54. The smallest absolute Gasteiger partial charge is 0.129 e. The van der Waals surface area contributed by atoms with E-state index in [0.29, 0.717) is 6.67 Å². The SMILES string of the molecule is Cc1cc(Oc2ccccc2)ccc1N1CNc2c(N)sc3nccc1c23. The fourth-order valence-corrected chi connectivity index (χ4v) is 4.41. The van der Waals surface area contributed by atoms with E-state index in [1.165, 1.54) is 11.3 Å². The molecule has 134 valence electrons. The Balaban J connectivity index is 1.53. The number of hydrogen-bond donors (Lipinski definition) is 2. The monoisotopic (exact) mass is 374 g/mol. The van der Waals surface area contributed by atoms with E-state index in [-0.39, 0.29) is 0 Å². The van der Waals surface area contributed by atoms with Gasteiger partial charge >= 0.3 is 0 Å². The Hall–Kier alpha value is -3.25. The highest BCUT2D eigenvalue weighted by Gasteiger charge is 2.24. The molecule has 0 aliphatic carbocycles. The Kier molecular flexibility index (Phi) is 3.65. The maximum Gasteiger partial charge on any atom is 0.129 e. The van der Waals surface area contributed by atoms with Gasteiger partial charge in [-0.2, -0.15) is 0 Å². The molecule has 0 fully saturated rings. The van der Waals surface area contributed by atoms with E-state index in [9.17, 15) is 0 Å². The molecule has 0 bridgehead atoms. The van der Waals surface area contributed by atoms with Crippen LogP contribution >= 0.6 is 11.3 Å². The number of pyridine rings is 1. The van der Waals surface area contributed by atoms with E-state index >= 15 is 0 Å². The summed E-state index contributed by atoms with van der Waals surface area (Å²) in [6, 6.07) is 18.0. The van der Waals surface area contributed by atoms with Crippen LogP contribution in [0.1, 0.15) is 5.56 Å². The van der Waals surface area contributed by atoms with Crippen LogP contribution in [0, 0.1) is 6.92 Å². The van der Waals surface area contributed by atoms with Crippen LogP contribution in [0.2, 0.25) is 0 Å². The van der Waals surface area contributed by atoms with Crippen molar-refractivity contribution < 1.29 is 4.74 Å². The third-order valence-corrected chi connectivity index (χ3v) is 5.67. The van der Waals surface area contributed by atoms with Crippen molar-refractivity contribution in [3.63, 3.8) is 0 Å². The lowest BCUT2D eigenvalue weighted by molar-refractivity contribution is 0.482. The maximum atomic E-state index is 6.15. The predicted molar refractivity (Wildman–Crippen MR) is 112 cm³/mol. The number of para-hydroxylation sites is 1. The average Bonchev–Trinajstić information content (AvgIpc) is 3.01. The van der Waals surface area contributed by atoms with Crippen molar-refractivity contribution in [2.24, 2.45) is 0 Å². The Labute approximate surface area is 161 Å². The Morgan fingerprint density at radius 2 is 1.93 bits per heavy atom. The molecule has 0 radical (unpaired) electrons. The summed E-state index contributed by atoms with van der Waals surface area (Å²) < 4.78 is 5.96. The molecule has 4 aromatic rings. The number of nitrogens with two attached hydrogens (primary N) is 1. The molecule has 0 saturated carbocycles. The lowest BCUT2D eigenvalue weighted by Gasteiger charge is -2.31.